The van der Waals surface area contributed by atoms with Crippen LogP contribution >= 0.6 is 0 Å². The Bertz CT molecular complexity index is 760. The zero-order valence-corrected chi connectivity index (χ0v) is 32.5. The quantitative estimate of drug-likeness (QED) is 0.0999. The van der Waals surface area contributed by atoms with Gasteiger partial charge in [-0.1, -0.05) is 27.7 Å². The fourth-order valence-electron chi connectivity index (χ4n) is 5.42. The summed E-state index contributed by atoms with van der Waals surface area (Å²) in [6, 6.07) is 0. The number of ether oxygens (including phenoxy) is 11. The molecule has 0 aromatic rings. The topological polar surface area (TPSA) is 102 Å². The summed E-state index contributed by atoms with van der Waals surface area (Å²) in [6.07, 6.45) is 6.80. The Morgan fingerprint density at radius 2 is 0.857 bits per heavy atom. The number of rotatable bonds is 27. The first-order valence-corrected chi connectivity index (χ1v) is 19.1. The van der Waals surface area contributed by atoms with Gasteiger partial charge in [0.1, 0.15) is 0 Å². The van der Waals surface area contributed by atoms with Crippen molar-refractivity contribution in [3.8, 4) is 0 Å². The third-order valence-electron chi connectivity index (χ3n) is 10.4. The van der Waals surface area contributed by atoms with E-state index in [4.69, 9.17) is 52.1 Å². The third kappa shape index (κ3) is 16.8. The first-order chi connectivity index (χ1) is 23.8. The van der Waals surface area contributed by atoms with Gasteiger partial charge < -0.3 is 52.1 Å². The van der Waals surface area contributed by atoms with E-state index in [1.165, 1.54) is 0 Å². The van der Waals surface area contributed by atoms with Gasteiger partial charge in [0.25, 0.3) is 0 Å². The van der Waals surface area contributed by atoms with Crippen LogP contribution in [0, 0.1) is 21.7 Å². The molecule has 0 spiro atoms. The van der Waals surface area contributed by atoms with Crippen LogP contribution in [-0.4, -0.2) is 145 Å². The molecule has 1 atom stereocenters. The van der Waals surface area contributed by atoms with Gasteiger partial charge in [-0.05, 0) is 52.4 Å². The molecule has 11 nitrogen and oxygen atoms in total. The van der Waals surface area contributed by atoms with Crippen molar-refractivity contribution < 1.29 is 52.1 Å². The zero-order valence-electron chi connectivity index (χ0n) is 32.5. The van der Waals surface area contributed by atoms with Crippen molar-refractivity contribution in [3.05, 3.63) is 0 Å². The Hall–Kier alpha value is -0.440. The second-order valence-corrected chi connectivity index (χ2v) is 14.6. The average Bonchev–Trinajstić information content (AvgIpc) is 3.04. The smallest absolute Gasteiger partial charge is 0.0780 e. The maximum Gasteiger partial charge on any atom is 0.0780 e. The molecule has 0 saturated carbocycles. The SMILES string of the molecule is CCC1(COCC(C)OCC2(CC)COC2)COC1.CCC1(COCCCCOCCOC)COC1.CCOCCOCC1(CC)COC1. The summed E-state index contributed by atoms with van der Waals surface area (Å²) in [7, 11) is 1.69. The molecule has 49 heavy (non-hydrogen) atoms. The molecule has 0 bridgehead atoms. The lowest BCUT2D eigenvalue weighted by atomic mass is 9.84. The highest BCUT2D eigenvalue weighted by molar-refractivity contribution is 4.86. The van der Waals surface area contributed by atoms with E-state index >= 15 is 0 Å². The van der Waals surface area contributed by atoms with Crippen molar-refractivity contribution in [2.75, 3.05) is 139 Å². The van der Waals surface area contributed by atoms with E-state index in [1.807, 2.05) is 6.92 Å². The van der Waals surface area contributed by atoms with E-state index in [0.717, 1.165) is 138 Å². The summed E-state index contributed by atoms with van der Waals surface area (Å²) in [6.45, 7) is 28.8. The molecule has 0 amide bonds. The van der Waals surface area contributed by atoms with Gasteiger partial charge in [-0.25, -0.2) is 0 Å². The van der Waals surface area contributed by atoms with Crippen molar-refractivity contribution in [1.29, 1.82) is 0 Å². The van der Waals surface area contributed by atoms with E-state index in [2.05, 4.69) is 34.6 Å². The van der Waals surface area contributed by atoms with Crippen molar-refractivity contribution in [3.63, 3.8) is 0 Å². The van der Waals surface area contributed by atoms with Gasteiger partial charge in [0.15, 0.2) is 0 Å². The Kier molecular flexibility index (Phi) is 23.3. The van der Waals surface area contributed by atoms with Gasteiger partial charge >= 0.3 is 0 Å². The van der Waals surface area contributed by atoms with Gasteiger partial charge in [0.05, 0.1) is 118 Å². The first kappa shape index (κ1) is 44.7. The predicted octanol–water partition coefficient (Wildman–Crippen LogP) is 5.60. The average molecular weight is 707 g/mol. The van der Waals surface area contributed by atoms with Gasteiger partial charge in [0.2, 0.25) is 0 Å². The molecule has 0 aliphatic carbocycles. The fourth-order valence-corrected chi connectivity index (χ4v) is 5.42. The Morgan fingerprint density at radius 3 is 1.27 bits per heavy atom. The number of hydrogen-bond donors (Lipinski definition) is 0. The Morgan fingerprint density at radius 1 is 0.469 bits per heavy atom. The minimum Gasteiger partial charge on any atom is -0.382 e. The summed E-state index contributed by atoms with van der Waals surface area (Å²) in [5.41, 5.74) is 1.16. The molecular weight excluding hydrogens is 632 g/mol. The molecule has 4 rings (SSSR count). The van der Waals surface area contributed by atoms with Gasteiger partial charge in [-0.3, -0.25) is 0 Å². The summed E-state index contributed by atoms with van der Waals surface area (Å²) >= 11 is 0. The van der Waals surface area contributed by atoms with Crippen LogP contribution in [-0.2, 0) is 52.1 Å². The van der Waals surface area contributed by atoms with Crippen LogP contribution in [0.3, 0.4) is 0 Å². The molecule has 4 saturated heterocycles. The van der Waals surface area contributed by atoms with Crippen LogP contribution < -0.4 is 0 Å². The Balaban J connectivity index is 0.000000260. The van der Waals surface area contributed by atoms with E-state index < -0.39 is 0 Å². The number of hydrogen-bond acceptors (Lipinski definition) is 11. The first-order valence-electron chi connectivity index (χ1n) is 19.1. The summed E-state index contributed by atoms with van der Waals surface area (Å²) in [5, 5.41) is 0. The molecular formula is C38H74O11. The van der Waals surface area contributed by atoms with Crippen LogP contribution in [0.1, 0.15) is 80.1 Å². The molecule has 4 heterocycles. The van der Waals surface area contributed by atoms with E-state index in [0.29, 0.717) is 43.9 Å². The molecule has 4 fully saturated rings. The summed E-state index contributed by atoms with van der Waals surface area (Å²) in [4.78, 5) is 0. The van der Waals surface area contributed by atoms with Gasteiger partial charge in [-0.15, -0.1) is 0 Å². The minimum absolute atomic E-state index is 0.152. The van der Waals surface area contributed by atoms with Crippen molar-refractivity contribution in [2.45, 2.75) is 86.2 Å². The predicted molar refractivity (Wildman–Crippen MR) is 190 cm³/mol. The van der Waals surface area contributed by atoms with Gasteiger partial charge in [0, 0.05) is 48.6 Å². The monoisotopic (exact) mass is 707 g/mol. The van der Waals surface area contributed by atoms with Crippen LogP contribution in [0.15, 0.2) is 0 Å². The Labute approximate surface area is 298 Å². The second-order valence-electron chi connectivity index (χ2n) is 14.6. The highest BCUT2D eigenvalue weighted by Gasteiger charge is 2.39. The molecule has 0 radical (unpaired) electrons. The largest absolute Gasteiger partial charge is 0.382 e. The van der Waals surface area contributed by atoms with E-state index in [1.54, 1.807) is 7.11 Å². The maximum atomic E-state index is 5.90. The highest BCUT2D eigenvalue weighted by Crippen LogP contribution is 2.34. The maximum absolute atomic E-state index is 5.90. The normalized spacial score (nSPS) is 21.4. The lowest BCUT2D eigenvalue weighted by Crippen LogP contribution is -2.47. The molecule has 0 N–H and O–H groups in total. The van der Waals surface area contributed by atoms with E-state index in [9.17, 15) is 0 Å². The lowest BCUT2D eigenvalue weighted by molar-refractivity contribution is -0.175. The molecule has 0 aromatic carbocycles. The number of unbranched alkanes of at least 4 members (excludes halogenated alkanes) is 1. The van der Waals surface area contributed by atoms with E-state index in [-0.39, 0.29) is 16.9 Å². The molecule has 4 aliphatic heterocycles. The third-order valence-corrected chi connectivity index (χ3v) is 10.4. The van der Waals surface area contributed by atoms with Crippen molar-refractivity contribution in [1.82, 2.24) is 0 Å². The van der Waals surface area contributed by atoms with Crippen LogP contribution in [0.5, 0.6) is 0 Å². The fraction of sp³-hybridized carbons (Fsp3) is 1.00. The summed E-state index contributed by atoms with van der Waals surface area (Å²) in [5.74, 6) is 0. The van der Waals surface area contributed by atoms with Crippen molar-refractivity contribution in [2.24, 2.45) is 21.7 Å². The van der Waals surface area contributed by atoms with Crippen molar-refractivity contribution >= 4 is 0 Å². The van der Waals surface area contributed by atoms with Gasteiger partial charge in [-0.2, -0.15) is 0 Å². The van der Waals surface area contributed by atoms with Crippen LogP contribution in [0.2, 0.25) is 0 Å². The highest BCUT2D eigenvalue weighted by atomic mass is 16.6. The van der Waals surface area contributed by atoms with Crippen LogP contribution in [0.25, 0.3) is 0 Å². The molecule has 11 heteroatoms. The van der Waals surface area contributed by atoms with Crippen LogP contribution in [0.4, 0.5) is 0 Å². The minimum atomic E-state index is 0.152. The zero-order chi connectivity index (χ0) is 35.7. The summed E-state index contributed by atoms with van der Waals surface area (Å²) < 4.78 is 59.4. The second kappa shape index (κ2) is 25.5. The molecule has 0 aromatic heterocycles. The molecule has 4 aliphatic rings. The molecule has 1 unspecified atom stereocenters. The standard InChI is InChI=1S/C15H28O4.C13H26O4.C10H20O3/c1-4-14(8-17-9-14)7-16-6-13(3)19-12-15(5-2)10-18-11-15;1-3-13(11-17-12-13)10-16-7-5-4-6-15-9-8-14-2;1-3-10(8-13-9-10)7-12-6-5-11-4-2/h13H,4-12H2,1-3H3;3-12H2,1-2H3;3-9H2,1-2H3. The lowest BCUT2D eigenvalue weighted by Gasteiger charge is -2.41. The molecule has 292 valence electrons. The number of methoxy groups -OCH3 is 1.